The molecule has 0 aliphatic carbocycles. The summed E-state index contributed by atoms with van der Waals surface area (Å²) in [5.41, 5.74) is 3.61. The molecule has 0 saturated heterocycles. The fourth-order valence-electron chi connectivity index (χ4n) is 0.699. The third kappa shape index (κ3) is 2.99. The highest BCUT2D eigenvalue weighted by Gasteiger charge is 2.02. The van der Waals surface area contributed by atoms with E-state index in [1.54, 1.807) is 19.1 Å². The number of para-hydroxylation sites is 1. The largest absolute Gasteiger partial charge is 0.357 e. The van der Waals surface area contributed by atoms with Gasteiger partial charge in [0.25, 0.3) is 0 Å². The Morgan fingerprint density at radius 3 is 2.54 bits per heavy atom. The van der Waals surface area contributed by atoms with Gasteiger partial charge < -0.3 is 4.84 Å². The standard InChI is InChI=1S/C10H11NO2/c1-8(2)10(12)13-11-9-6-4-3-5-7-9/h3-7,11H,1H2,2H3. The van der Waals surface area contributed by atoms with Gasteiger partial charge in [0.15, 0.2) is 0 Å². The normalized spacial score (nSPS) is 9.00. The van der Waals surface area contributed by atoms with Crippen molar-refractivity contribution in [2.75, 3.05) is 5.48 Å². The minimum Gasteiger partial charge on any atom is -0.338 e. The molecule has 13 heavy (non-hydrogen) atoms. The average Bonchev–Trinajstić information content (AvgIpc) is 2.15. The molecule has 0 aliphatic rings. The summed E-state index contributed by atoms with van der Waals surface area (Å²) >= 11 is 0. The van der Waals surface area contributed by atoms with E-state index in [1.165, 1.54) is 0 Å². The van der Waals surface area contributed by atoms with Crippen LogP contribution in [0.25, 0.3) is 0 Å². The van der Waals surface area contributed by atoms with Crippen LogP contribution in [-0.4, -0.2) is 5.97 Å². The van der Waals surface area contributed by atoms with Crippen LogP contribution < -0.4 is 5.48 Å². The number of hydrogen-bond donors (Lipinski definition) is 1. The molecule has 0 atom stereocenters. The van der Waals surface area contributed by atoms with Crippen molar-refractivity contribution in [1.29, 1.82) is 0 Å². The van der Waals surface area contributed by atoms with Gasteiger partial charge in [0.1, 0.15) is 0 Å². The lowest BCUT2D eigenvalue weighted by atomic mass is 10.3. The van der Waals surface area contributed by atoms with Crippen LogP contribution in [0.1, 0.15) is 6.92 Å². The maximum atomic E-state index is 10.9. The molecule has 0 aromatic heterocycles. The predicted octanol–water partition coefficient (Wildman–Crippen LogP) is 2.13. The fraction of sp³-hybridized carbons (Fsp3) is 0.100. The zero-order valence-corrected chi connectivity index (χ0v) is 7.41. The van der Waals surface area contributed by atoms with Crippen molar-refractivity contribution in [3.8, 4) is 0 Å². The van der Waals surface area contributed by atoms with Gasteiger partial charge in [-0.15, -0.1) is 0 Å². The van der Waals surface area contributed by atoms with Gasteiger partial charge in [-0.3, -0.25) is 0 Å². The molecule has 0 spiro atoms. The second kappa shape index (κ2) is 4.30. The summed E-state index contributed by atoms with van der Waals surface area (Å²) in [7, 11) is 0. The highest BCUT2D eigenvalue weighted by atomic mass is 16.7. The second-order valence-corrected chi connectivity index (χ2v) is 2.64. The molecule has 0 bridgehead atoms. The third-order valence-electron chi connectivity index (χ3n) is 1.38. The quantitative estimate of drug-likeness (QED) is 0.567. The molecule has 1 rings (SSSR count). The molecule has 0 aliphatic heterocycles. The molecule has 0 saturated carbocycles. The average molecular weight is 177 g/mol. The van der Waals surface area contributed by atoms with Crippen LogP contribution in [0.3, 0.4) is 0 Å². The zero-order chi connectivity index (χ0) is 9.68. The van der Waals surface area contributed by atoms with Gasteiger partial charge in [-0.1, -0.05) is 24.8 Å². The van der Waals surface area contributed by atoms with Crippen molar-refractivity contribution in [2.45, 2.75) is 6.92 Å². The van der Waals surface area contributed by atoms with Gasteiger partial charge in [-0.25, -0.2) is 10.3 Å². The molecule has 0 heterocycles. The van der Waals surface area contributed by atoms with Crippen LogP contribution in [-0.2, 0) is 9.63 Å². The van der Waals surface area contributed by atoms with E-state index in [0.29, 0.717) is 5.57 Å². The van der Waals surface area contributed by atoms with Crippen LogP contribution in [0.4, 0.5) is 5.69 Å². The van der Waals surface area contributed by atoms with Gasteiger partial charge in [-0.2, -0.15) is 0 Å². The van der Waals surface area contributed by atoms with E-state index in [1.807, 2.05) is 18.2 Å². The number of hydrogen-bond acceptors (Lipinski definition) is 3. The molecular weight excluding hydrogens is 166 g/mol. The Labute approximate surface area is 77.0 Å². The molecule has 1 aromatic rings. The van der Waals surface area contributed by atoms with Gasteiger partial charge in [-0.05, 0) is 19.1 Å². The first kappa shape index (κ1) is 9.32. The van der Waals surface area contributed by atoms with E-state index in [4.69, 9.17) is 4.84 Å². The topological polar surface area (TPSA) is 38.3 Å². The summed E-state index contributed by atoms with van der Waals surface area (Å²) in [6.07, 6.45) is 0. The van der Waals surface area contributed by atoms with Gasteiger partial charge in [0.05, 0.1) is 5.69 Å². The molecule has 0 fully saturated rings. The molecule has 1 N–H and O–H groups in total. The van der Waals surface area contributed by atoms with Gasteiger partial charge >= 0.3 is 5.97 Å². The smallest absolute Gasteiger partial charge is 0.338 e. The van der Waals surface area contributed by atoms with Crippen molar-refractivity contribution in [2.24, 2.45) is 0 Å². The lowest BCUT2D eigenvalue weighted by Crippen LogP contribution is -2.10. The van der Waals surface area contributed by atoms with E-state index in [9.17, 15) is 4.79 Å². The van der Waals surface area contributed by atoms with E-state index >= 15 is 0 Å². The molecule has 1 aromatic carbocycles. The highest BCUT2D eigenvalue weighted by Crippen LogP contribution is 2.05. The zero-order valence-electron chi connectivity index (χ0n) is 7.41. The Morgan fingerprint density at radius 1 is 1.38 bits per heavy atom. The monoisotopic (exact) mass is 177 g/mol. The summed E-state index contributed by atoms with van der Waals surface area (Å²) in [4.78, 5) is 15.6. The van der Waals surface area contributed by atoms with Crippen LogP contribution in [0.2, 0.25) is 0 Å². The SMILES string of the molecule is C=C(C)C(=O)ONc1ccccc1. The number of rotatable bonds is 3. The Hall–Kier alpha value is -1.77. The molecular formula is C10H11NO2. The van der Waals surface area contributed by atoms with Gasteiger partial charge in [0, 0.05) is 5.57 Å². The lowest BCUT2D eigenvalue weighted by Gasteiger charge is -2.05. The van der Waals surface area contributed by atoms with Crippen LogP contribution in [0, 0.1) is 0 Å². The molecule has 3 heteroatoms. The number of carbonyl (C=O) groups is 1. The number of benzene rings is 1. The highest BCUT2D eigenvalue weighted by molar-refractivity contribution is 5.87. The number of anilines is 1. The van der Waals surface area contributed by atoms with Crippen LogP contribution in [0.5, 0.6) is 0 Å². The Balaban J connectivity index is 2.44. The minimum atomic E-state index is -0.455. The predicted molar refractivity (Wildman–Crippen MR) is 51.0 cm³/mol. The summed E-state index contributed by atoms with van der Waals surface area (Å²) < 4.78 is 0. The van der Waals surface area contributed by atoms with E-state index < -0.39 is 5.97 Å². The van der Waals surface area contributed by atoms with Crippen molar-refractivity contribution in [3.05, 3.63) is 42.5 Å². The van der Waals surface area contributed by atoms with Crippen molar-refractivity contribution in [3.63, 3.8) is 0 Å². The van der Waals surface area contributed by atoms with Crippen LogP contribution in [0.15, 0.2) is 42.5 Å². The van der Waals surface area contributed by atoms with E-state index in [-0.39, 0.29) is 0 Å². The first-order valence-corrected chi connectivity index (χ1v) is 3.88. The van der Waals surface area contributed by atoms with Crippen LogP contribution >= 0.6 is 0 Å². The minimum absolute atomic E-state index is 0.364. The summed E-state index contributed by atoms with van der Waals surface area (Å²) in [5, 5.41) is 0. The molecule has 3 nitrogen and oxygen atoms in total. The first-order valence-electron chi connectivity index (χ1n) is 3.88. The third-order valence-corrected chi connectivity index (χ3v) is 1.38. The summed E-state index contributed by atoms with van der Waals surface area (Å²) in [6.45, 7) is 5.05. The van der Waals surface area contributed by atoms with E-state index in [0.717, 1.165) is 5.69 Å². The Morgan fingerprint density at radius 2 is 2.00 bits per heavy atom. The lowest BCUT2D eigenvalue weighted by molar-refractivity contribution is -0.136. The maximum Gasteiger partial charge on any atom is 0.357 e. The fourth-order valence-corrected chi connectivity index (χ4v) is 0.699. The number of nitrogens with one attached hydrogen (secondary N) is 1. The van der Waals surface area contributed by atoms with Crippen molar-refractivity contribution >= 4 is 11.7 Å². The molecule has 0 amide bonds. The number of carbonyl (C=O) groups excluding carboxylic acids is 1. The van der Waals surface area contributed by atoms with E-state index in [2.05, 4.69) is 12.1 Å². The van der Waals surface area contributed by atoms with Crippen molar-refractivity contribution in [1.82, 2.24) is 0 Å². The molecule has 68 valence electrons. The Kier molecular flexibility index (Phi) is 3.09. The summed E-state index contributed by atoms with van der Waals surface area (Å²) in [6, 6.07) is 9.16. The maximum absolute atomic E-state index is 10.9. The second-order valence-electron chi connectivity index (χ2n) is 2.64. The van der Waals surface area contributed by atoms with Gasteiger partial charge in [0.2, 0.25) is 0 Å². The Bertz CT molecular complexity index is 306. The van der Waals surface area contributed by atoms with Crippen molar-refractivity contribution < 1.29 is 9.63 Å². The molecule has 0 radical (unpaired) electrons. The first-order chi connectivity index (χ1) is 6.20. The summed E-state index contributed by atoms with van der Waals surface area (Å²) in [5.74, 6) is -0.455. The molecule has 0 unspecified atom stereocenters.